The molecule has 0 radical (unpaired) electrons. The van der Waals surface area contributed by atoms with E-state index in [0.29, 0.717) is 11.8 Å². The number of allylic oxidation sites excluding steroid dienone is 1. The second-order valence-electron chi connectivity index (χ2n) is 11.0. The van der Waals surface area contributed by atoms with E-state index in [1.165, 1.54) is 24.8 Å². The number of ether oxygens (including phenoxy) is 1. The van der Waals surface area contributed by atoms with Gasteiger partial charge in [0.15, 0.2) is 0 Å². The third kappa shape index (κ3) is 5.25. The van der Waals surface area contributed by atoms with Crippen LogP contribution >= 0.6 is 0 Å². The van der Waals surface area contributed by atoms with Gasteiger partial charge in [-0.05, 0) is 70.7 Å². The first-order valence-electron chi connectivity index (χ1n) is 13.4. The minimum atomic E-state index is -0.335. The second-order valence-corrected chi connectivity index (χ2v) is 11.0. The van der Waals surface area contributed by atoms with E-state index >= 15 is 0 Å². The summed E-state index contributed by atoms with van der Waals surface area (Å²) in [7, 11) is 2.20. The maximum absolute atomic E-state index is 12.8. The van der Waals surface area contributed by atoms with E-state index in [-0.39, 0.29) is 17.5 Å². The highest BCUT2D eigenvalue weighted by Crippen LogP contribution is 2.54. The van der Waals surface area contributed by atoms with E-state index in [1.54, 1.807) is 5.57 Å². The number of hydrogen-bond acceptors (Lipinski definition) is 4. The van der Waals surface area contributed by atoms with E-state index in [1.807, 2.05) is 26.0 Å². The molecule has 34 heavy (non-hydrogen) atoms. The quantitative estimate of drug-likeness (QED) is 0.312. The Morgan fingerprint density at radius 3 is 2.74 bits per heavy atom. The minimum absolute atomic E-state index is 0.0371. The Hall–Kier alpha value is -2.14. The minimum Gasteiger partial charge on any atom is -0.458 e. The van der Waals surface area contributed by atoms with Gasteiger partial charge in [-0.1, -0.05) is 50.5 Å². The molecule has 3 aliphatic carbocycles. The Labute approximate surface area is 205 Å². The first kappa shape index (κ1) is 25.0. The van der Waals surface area contributed by atoms with E-state index in [9.17, 15) is 4.79 Å². The van der Waals surface area contributed by atoms with Gasteiger partial charge in [0, 0.05) is 25.3 Å². The van der Waals surface area contributed by atoms with Crippen LogP contribution < -0.4 is 0 Å². The van der Waals surface area contributed by atoms with Crippen molar-refractivity contribution in [2.24, 2.45) is 17.8 Å². The predicted molar refractivity (Wildman–Crippen MR) is 139 cm³/mol. The standard InChI is InChI=1S/C29H43N3O2/c1-6-10-23-21(4)24-15-14-22(23)19-29(24,34-28(33)20(2)3)16-18-32(5)17-9-13-27-30-25-11-7-8-12-26(25)31-27/h7-8,11-12,20,22,24H,6,9-10,13-19H2,1-5H3,(H,30,31)/t22-,24-,29+/m0/s1. The van der Waals surface area contributed by atoms with Gasteiger partial charge >= 0.3 is 5.97 Å². The van der Waals surface area contributed by atoms with Gasteiger partial charge in [-0.3, -0.25) is 4.79 Å². The number of rotatable bonds is 11. The molecule has 3 atom stereocenters. The monoisotopic (exact) mass is 465 g/mol. The van der Waals surface area contributed by atoms with Gasteiger partial charge in [-0.15, -0.1) is 0 Å². The van der Waals surface area contributed by atoms with Gasteiger partial charge in [-0.2, -0.15) is 0 Å². The number of aromatic nitrogens is 2. The molecule has 1 fully saturated rings. The number of esters is 1. The Balaban J connectivity index is 1.38. The van der Waals surface area contributed by atoms with Crippen molar-refractivity contribution >= 4 is 17.0 Å². The first-order chi connectivity index (χ1) is 16.3. The molecule has 2 aromatic rings. The Morgan fingerprint density at radius 1 is 1.24 bits per heavy atom. The number of nitrogens with one attached hydrogen (secondary N) is 1. The summed E-state index contributed by atoms with van der Waals surface area (Å²) in [5.41, 5.74) is 5.00. The zero-order valence-electron chi connectivity index (χ0n) is 21.8. The summed E-state index contributed by atoms with van der Waals surface area (Å²) in [6, 6.07) is 8.21. The molecule has 186 valence electrons. The van der Waals surface area contributed by atoms with E-state index < -0.39 is 0 Å². The lowest BCUT2D eigenvalue weighted by atomic mass is 9.58. The summed E-state index contributed by atoms with van der Waals surface area (Å²) in [6.07, 6.45) is 8.74. The number of aryl methyl sites for hydroxylation is 1. The second kappa shape index (κ2) is 10.6. The molecule has 1 heterocycles. The van der Waals surface area contributed by atoms with Crippen molar-refractivity contribution in [1.29, 1.82) is 0 Å². The molecule has 2 bridgehead atoms. The molecule has 1 aromatic carbocycles. The van der Waals surface area contributed by atoms with Crippen LogP contribution in [0, 0.1) is 17.8 Å². The summed E-state index contributed by atoms with van der Waals surface area (Å²) in [5, 5.41) is 0. The fraction of sp³-hybridized carbons (Fsp3) is 0.655. The lowest BCUT2D eigenvalue weighted by molar-refractivity contribution is -0.178. The molecule has 0 aliphatic heterocycles. The summed E-state index contributed by atoms with van der Waals surface area (Å²) < 4.78 is 6.41. The van der Waals surface area contributed by atoms with Gasteiger partial charge < -0.3 is 14.6 Å². The van der Waals surface area contributed by atoms with Gasteiger partial charge in [0.25, 0.3) is 0 Å². The summed E-state index contributed by atoms with van der Waals surface area (Å²) in [5.74, 6) is 1.91. The van der Waals surface area contributed by atoms with Gasteiger partial charge in [0.05, 0.1) is 17.0 Å². The molecule has 0 amide bonds. The SMILES string of the molecule is CCCC1=C(C)[C@@H]2CC[C@H]1C[C@@]2(CCN(C)CCCc1nc2ccccc2[nH]1)OC(=O)C(C)C. The largest absolute Gasteiger partial charge is 0.458 e. The Bertz CT molecular complexity index is 990. The van der Waals surface area contributed by atoms with Crippen LogP contribution in [-0.2, 0) is 16.0 Å². The average Bonchev–Trinajstić information content (AvgIpc) is 3.23. The fourth-order valence-electron chi connectivity index (χ4n) is 6.31. The van der Waals surface area contributed by atoms with Crippen molar-refractivity contribution in [3.05, 3.63) is 41.2 Å². The van der Waals surface area contributed by atoms with Gasteiger partial charge in [0.2, 0.25) is 0 Å². The van der Waals surface area contributed by atoms with Crippen LogP contribution in [0.1, 0.15) is 78.5 Å². The van der Waals surface area contributed by atoms with Crippen molar-refractivity contribution in [1.82, 2.24) is 14.9 Å². The Morgan fingerprint density at radius 2 is 2.03 bits per heavy atom. The van der Waals surface area contributed by atoms with E-state index in [4.69, 9.17) is 9.72 Å². The third-order valence-corrected chi connectivity index (χ3v) is 8.16. The number of nitrogens with zero attached hydrogens (tertiary/aromatic N) is 2. The zero-order chi connectivity index (χ0) is 24.3. The van der Waals surface area contributed by atoms with Crippen LogP contribution in [0.25, 0.3) is 11.0 Å². The molecule has 1 N–H and O–H groups in total. The molecule has 1 saturated carbocycles. The highest BCUT2D eigenvalue weighted by atomic mass is 16.6. The summed E-state index contributed by atoms with van der Waals surface area (Å²) in [6.45, 7) is 10.4. The number of aromatic amines is 1. The van der Waals surface area contributed by atoms with Crippen molar-refractivity contribution in [2.75, 3.05) is 20.1 Å². The molecule has 5 rings (SSSR count). The average molecular weight is 466 g/mol. The van der Waals surface area contributed by atoms with Crippen LogP contribution in [-0.4, -0.2) is 46.6 Å². The van der Waals surface area contributed by atoms with Crippen LogP contribution in [0.2, 0.25) is 0 Å². The number of para-hydroxylation sites is 2. The normalized spacial score (nSPS) is 24.6. The van der Waals surface area contributed by atoms with Crippen molar-refractivity contribution < 1.29 is 9.53 Å². The lowest BCUT2D eigenvalue weighted by Gasteiger charge is -2.53. The fourth-order valence-corrected chi connectivity index (χ4v) is 6.31. The van der Waals surface area contributed by atoms with Crippen LogP contribution in [0.5, 0.6) is 0 Å². The van der Waals surface area contributed by atoms with Gasteiger partial charge in [-0.25, -0.2) is 4.98 Å². The lowest BCUT2D eigenvalue weighted by Crippen LogP contribution is -2.53. The van der Waals surface area contributed by atoms with Crippen LogP contribution in [0.4, 0.5) is 0 Å². The van der Waals surface area contributed by atoms with Crippen LogP contribution in [0.3, 0.4) is 0 Å². The summed E-state index contributed by atoms with van der Waals surface area (Å²) in [4.78, 5) is 23.3. The summed E-state index contributed by atoms with van der Waals surface area (Å²) >= 11 is 0. The molecular formula is C29H43N3O2. The smallest absolute Gasteiger partial charge is 0.308 e. The zero-order valence-corrected chi connectivity index (χ0v) is 21.8. The van der Waals surface area contributed by atoms with Crippen LogP contribution in [0.15, 0.2) is 35.4 Å². The number of benzene rings is 1. The predicted octanol–water partition coefficient (Wildman–Crippen LogP) is 6.30. The van der Waals surface area contributed by atoms with Crippen molar-refractivity contribution in [3.63, 3.8) is 0 Å². The number of carbonyl (C=O) groups is 1. The van der Waals surface area contributed by atoms with Gasteiger partial charge in [0.1, 0.15) is 11.4 Å². The molecule has 0 saturated heterocycles. The maximum Gasteiger partial charge on any atom is 0.308 e. The molecule has 0 unspecified atom stereocenters. The highest BCUT2D eigenvalue weighted by molar-refractivity contribution is 5.74. The maximum atomic E-state index is 12.8. The molecule has 5 heteroatoms. The number of carbonyl (C=O) groups excluding carboxylic acids is 1. The molecule has 0 spiro atoms. The number of hydrogen-bond donors (Lipinski definition) is 1. The first-order valence-corrected chi connectivity index (χ1v) is 13.4. The molecular weight excluding hydrogens is 422 g/mol. The third-order valence-electron chi connectivity index (χ3n) is 8.16. The van der Waals surface area contributed by atoms with Crippen molar-refractivity contribution in [2.45, 2.75) is 84.7 Å². The molecule has 3 aliphatic rings. The highest BCUT2D eigenvalue weighted by Gasteiger charge is 2.52. The number of H-pyrrole nitrogens is 1. The van der Waals surface area contributed by atoms with E-state index in [2.05, 4.69) is 42.9 Å². The van der Waals surface area contributed by atoms with E-state index in [0.717, 1.165) is 62.1 Å². The molecule has 1 aromatic heterocycles. The molecule has 5 nitrogen and oxygen atoms in total. The Kier molecular flexibility index (Phi) is 7.81. The van der Waals surface area contributed by atoms with Crippen molar-refractivity contribution in [3.8, 4) is 0 Å². The topological polar surface area (TPSA) is 58.2 Å². The number of imidazole rings is 1. The number of fused-ring (bicyclic) bond motifs is 3.